The van der Waals surface area contributed by atoms with Crippen LogP contribution in [0.4, 0.5) is 5.69 Å². The summed E-state index contributed by atoms with van der Waals surface area (Å²) in [6, 6.07) is 10.6. The minimum Gasteiger partial charge on any atom is -0.362 e. The zero-order valence-electron chi connectivity index (χ0n) is 14.8. The molecule has 27 heavy (non-hydrogen) atoms. The quantitative estimate of drug-likeness (QED) is 0.753. The van der Waals surface area contributed by atoms with Crippen molar-refractivity contribution in [2.24, 2.45) is 0 Å². The van der Waals surface area contributed by atoms with E-state index in [0.29, 0.717) is 47.1 Å². The van der Waals surface area contributed by atoms with Gasteiger partial charge in [0, 0.05) is 31.0 Å². The van der Waals surface area contributed by atoms with E-state index in [0.717, 1.165) is 11.3 Å². The van der Waals surface area contributed by atoms with Crippen LogP contribution in [0.3, 0.4) is 0 Å². The van der Waals surface area contributed by atoms with Gasteiger partial charge in [0.1, 0.15) is 5.66 Å². The van der Waals surface area contributed by atoms with Crippen molar-refractivity contribution < 1.29 is 9.59 Å². The number of piperidine rings is 1. The van der Waals surface area contributed by atoms with Crippen LogP contribution in [0.1, 0.15) is 39.1 Å². The van der Waals surface area contributed by atoms with Gasteiger partial charge in [-0.25, -0.2) is 0 Å². The highest BCUT2D eigenvalue weighted by Gasteiger charge is 2.41. The van der Waals surface area contributed by atoms with Gasteiger partial charge in [-0.15, -0.1) is 0 Å². The van der Waals surface area contributed by atoms with Gasteiger partial charge in [-0.2, -0.15) is 0 Å². The SMILES string of the molecule is Cc1cccc2c1NC1(CCN(C(=O)c3ccc(Cl)cc3Cl)CC1)NC2=O. The van der Waals surface area contributed by atoms with E-state index in [-0.39, 0.29) is 11.8 Å². The Balaban J connectivity index is 1.51. The Morgan fingerprint density at radius 3 is 2.56 bits per heavy atom. The molecule has 0 aliphatic carbocycles. The van der Waals surface area contributed by atoms with Gasteiger partial charge in [-0.3, -0.25) is 9.59 Å². The topological polar surface area (TPSA) is 61.4 Å². The van der Waals surface area contributed by atoms with E-state index in [9.17, 15) is 9.59 Å². The lowest BCUT2D eigenvalue weighted by Gasteiger charge is -2.46. The molecule has 2 amide bonds. The van der Waals surface area contributed by atoms with Crippen molar-refractivity contribution in [3.63, 3.8) is 0 Å². The van der Waals surface area contributed by atoms with Crippen molar-refractivity contribution in [2.75, 3.05) is 18.4 Å². The Kier molecular flexibility index (Phi) is 4.52. The molecule has 1 fully saturated rings. The molecule has 0 bridgehead atoms. The summed E-state index contributed by atoms with van der Waals surface area (Å²) < 4.78 is 0. The molecule has 1 spiro atoms. The van der Waals surface area contributed by atoms with E-state index in [4.69, 9.17) is 23.2 Å². The van der Waals surface area contributed by atoms with Crippen LogP contribution in [0.25, 0.3) is 0 Å². The minimum absolute atomic E-state index is 0.0760. The molecule has 2 heterocycles. The van der Waals surface area contributed by atoms with E-state index < -0.39 is 5.66 Å². The highest BCUT2D eigenvalue weighted by atomic mass is 35.5. The maximum atomic E-state index is 12.8. The summed E-state index contributed by atoms with van der Waals surface area (Å²) in [5.41, 5.74) is 2.48. The summed E-state index contributed by atoms with van der Waals surface area (Å²) >= 11 is 12.1. The van der Waals surface area contributed by atoms with E-state index >= 15 is 0 Å². The third-order valence-electron chi connectivity index (χ3n) is 5.30. The average Bonchev–Trinajstić information content (AvgIpc) is 2.63. The summed E-state index contributed by atoms with van der Waals surface area (Å²) in [5.74, 6) is -0.196. The molecule has 4 rings (SSSR count). The van der Waals surface area contributed by atoms with Crippen LogP contribution in [0.15, 0.2) is 36.4 Å². The molecule has 5 nitrogen and oxygen atoms in total. The number of carbonyl (C=O) groups is 2. The molecular weight excluding hydrogens is 385 g/mol. The number of halogens is 2. The lowest BCUT2D eigenvalue weighted by molar-refractivity contribution is 0.0639. The molecule has 1 saturated heterocycles. The first-order valence-electron chi connectivity index (χ1n) is 8.83. The fourth-order valence-corrected chi connectivity index (χ4v) is 4.24. The summed E-state index contributed by atoms with van der Waals surface area (Å²) in [6.07, 6.45) is 1.23. The van der Waals surface area contributed by atoms with Crippen LogP contribution in [-0.2, 0) is 0 Å². The molecule has 0 aromatic heterocycles. The number of aryl methyl sites for hydroxylation is 1. The zero-order valence-corrected chi connectivity index (χ0v) is 16.3. The van der Waals surface area contributed by atoms with E-state index in [2.05, 4.69) is 10.6 Å². The van der Waals surface area contributed by atoms with Gasteiger partial charge in [0.05, 0.1) is 21.8 Å². The molecule has 140 valence electrons. The zero-order chi connectivity index (χ0) is 19.2. The first-order chi connectivity index (χ1) is 12.9. The first-order valence-corrected chi connectivity index (χ1v) is 9.59. The number of nitrogens with zero attached hydrogens (tertiary/aromatic N) is 1. The van der Waals surface area contributed by atoms with Crippen molar-refractivity contribution in [2.45, 2.75) is 25.4 Å². The fraction of sp³-hybridized carbons (Fsp3) is 0.300. The molecule has 7 heteroatoms. The second-order valence-corrected chi connectivity index (χ2v) is 7.92. The molecule has 2 aromatic rings. The molecule has 2 aromatic carbocycles. The summed E-state index contributed by atoms with van der Waals surface area (Å²) in [4.78, 5) is 27.1. The molecule has 0 saturated carbocycles. The van der Waals surface area contributed by atoms with Crippen LogP contribution in [0, 0.1) is 6.92 Å². The van der Waals surface area contributed by atoms with Gasteiger partial charge in [-0.05, 0) is 36.8 Å². The lowest BCUT2D eigenvalue weighted by atomic mass is 9.91. The maximum Gasteiger partial charge on any atom is 0.255 e. The molecule has 0 radical (unpaired) electrons. The lowest BCUT2D eigenvalue weighted by Crippen LogP contribution is -2.62. The van der Waals surface area contributed by atoms with Crippen LogP contribution in [0.5, 0.6) is 0 Å². The molecule has 2 N–H and O–H groups in total. The number of rotatable bonds is 1. The van der Waals surface area contributed by atoms with Gasteiger partial charge in [-0.1, -0.05) is 35.3 Å². The number of anilines is 1. The number of amides is 2. The molecule has 2 aliphatic heterocycles. The predicted molar refractivity (Wildman–Crippen MR) is 107 cm³/mol. The maximum absolute atomic E-state index is 12.8. The normalized spacial score (nSPS) is 17.9. The molecule has 0 atom stereocenters. The Morgan fingerprint density at radius 1 is 1.11 bits per heavy atom. The van der Waals surface area contributed by atoms with Crippen molar-refractivity contribution in [1.29, 1.82) is 0 Å². The number of likely N-dealkylation sites (tertiary alicyclic amines) is 1. The fourth-order valence-electron chi connectivity index (χ4n) is 3.75. The van der Waals surface area contributed by atoms with Crippen LogP contribution < -0.4 is 10.6 Å². The highest BCUT2D eigenvalue weighted by molar-refractivity contribution is 6.36. The Bertz CT molecular complexity index is 937. The van der Waals surface area contributed by atoms with Crippen LogP contribution in [-0.4, -0.2) is 35.5 Å². The number of fused-ring (bicyclic) bond motifs is 1. The highest BCUT2D eigenvalue weighted by Crippen LogP contribution is 2.34. The number of hydrogen-bond acceptors (Lipinski definition) is 3. The van der Waals surface area contributed by atoms with E-state index in [1.165, 1.54) is 0 Å². The van der Waals surface area contributed by atoms with Gasteiger partial charge in [0.2, 0.25) is 0 Å². The van der Waals surface area contributed by atoms with Gasteiger partial charge >= 0.3 is 0 Å². The number of hydrogen-bond donors (Lipinski definition) is 2. The Labute approximate surface area is 167 Å². The van der Waals surface area contributed by atoms with Crippen molar-refractivity contribution >= 4 is 40.7 Å². The summed E-state index contributed by atoms with van der Waals surface area (Å²) in [5, 5.41) is 7.46. The van der Waals surface area contributed by atoms with Crippen molar-refractivity contribution in [1.82, 2.24) is 10.2 Å². The smallest absolute Gasteiger partial charge is 0.255 e. The van der Waals surface area contributed by atoms with Gasteiger partial charge in [0.15, 0.2) is 0 Å². The number of nitrogens with one attached hydrogen (secondary N) is 2. The third kappa shape index (κ3) is 3.26. The van der Waals surface area contributed by atoms with E-state index in [1.807, 2.05) is 25.1 Å². The number of para-hydroxylation sites is 1. The van der Waals surface area contributed by atoms with Gasteiger partial charge in [0.25, 0.3) is 11.8 Å². The van der Waals surface area contributed by atoms with Gasteiger partial charge < -0.3 is 15.5 Å². The van der Waals surface area contributed by atoms with Crippen LogP contribution >= 0.6 is 23.2 Å². The predicted octanol–water partition coefficient (Wildman–Crippen LogP) is 4.09. The second kappa shape index (κ2) is 6.73. The first kappa shape index (κ1) is 18.1. The van der Waals surface area contributed by atoms with Crippen molar-refractivity contribution in [3.05, 3.63) is 63.1 Å². The monoisotopic (exact) mass is 403 g/mol. The molecular formula is C20H19Cl2N3O2. The number of benzene rings is 2. The average molecular weight is 404 g/mol. The van der Waals surface area contributed by atoms with Crippen molar-refractivity contribution in [3.8, 4) is 0 Å². The minimum atomic E-state index is -0.531. The molecule has 2 aliphatic rings. The van der Waals surface area contributed by atoms with E-state index in [1.54, 1.807) is 23.1 Å². The largest absolute Gasteiger partial charge is 0.362 e. The Hall–Kier alpha value is -2.24. The summed E-state index contributed by atoms with van der Waals surface area (Å²) in [6.45, 7) is 3.03. The number of carbonyl (C=O) groups excluding carboxylic acids is 2. The Morgan fingerprint density at radius 2 is 1.85 bits per heavy atom. The second-order valence-electron chi connectivity index (χ2n) is 7.08. The standard InChI is InChI=1S/C20H19Cl2N3O2/c1-12-3-2-4-15-17(12)23-20(24-18(15)26)7-9-25(10-8-20)19(27)14-6-5-13(21)11-16(14)22/h2-6,11,23H,7-10H2,1H3,(H,24,26). The third-order valence-corrected chi connectivity index (χ3v) is 5.85. The summed E-state index contributed by atoms with van der Waals surface area (Å²) in [7, 11) is 0. The van der Waals surface area contributed by atoms with Crippen LogP contribution in [0.2, 0.25) is 10.0 Å². The molecule has 0 unspecified atom stereocenters.